The van der Waals surface area contributed by atoms with Gasteiger partial charge in [-0.1, -0.05) is 12.1 Å². The SMILES string of the molecule is CC(=O)c1ccc(C(=O)N2CC=C(c3cccnc3)CC2)o1. The summed E-state index contributed by atoms with van der Waals surface area (Å²) in [7, 11) is 0. The third-order valence-electron chi connectivity index (χ3n) is 3.69. The van der Waals surface area contributed by atoms with Crippen LogP contribution in [0, 0.1) is 0 Å². The Morgan fingerprint density at radius 1 is 1.23 bits per heavy atom. The Balaban J connectivity index is 1.71. The minimum Gasteiger partial charge on any atom is -0.448 e. The molecule has 1 aliphatic rings. The normalized spacial score (nSPS) is 14.6. The van der Waals surface area contributed by atoms with Gasteiger partial charge in [0.05, 0.1) is 0 Å². The van der Waals surface area contributed by atoms with E-state index in [1.807, 2.05) is 24.4 Å². The molecule has 1 aliphatic heterocycles. The number of hydrogen-bond donors (Lipinski definition) is 0. The first-order chi connectivity index (χ1) is 10.6. The molecule has 0 bridgehead atoms. The van der Waals surface area contributed by atoms with Gasteiger partial charge < -0.3 is 9.32 Å². The molecular formula is C17H16N2O3. The van der Waals surface area contributed by atoms with E-state index in [4.69, 9.17) is 4.42 Å². The largest absolute Gasteiger partial charge is 0.448 e. The number of amides is 1. The van der Waals surface area contributed by atoms with Crippen molar-refractivity contribution in [2.45, 2.75) is 13.3 Å². The molecule has 5 heteroatoms. The lowest BCUT2D eigenvalue weighted by atomic mass is 10.0. The van der Waals surface area contributed by atoms with Gasteiger partial charge in [0.1, 0.15) is 0 Å². The number of aromatic nitrogens is 1. The van der Waals surface area contributed by atoms with Crippen molar-refractivity contribution in [1.29, 1.82) is 0 Å². The zero-order valence-electron chi connectivity index (χ0n) is 12.3. The van der Waals surface area contributed by atoms with Crippen molar-refractivity contribution in [3.05, 3.63) is 59.8 Å². The summed E-state index contributed by atoms with van der Waals surface area (Å²) in [6, 6.07) is 7.01. The lowest BCUT2D eigenvalue weighted by molar-refractivity contribution is 0.0738. The standard InChI is InChI=1S/C17H16N2O3/c1-12(20)15-4-5-16(22-15)17(21)19-9-6-13(7-10-19)14-3-2-8-18-11-14/h2-6,8,11H,7,9-10H2,1H3. The summed E-state index contributed by atoms with van der Waals surface area (Å²) >= 11 is 0. The van der Waals surface area contributed by atoms with Crippen molar-refractivity contribution in [1.82, 2.24) is 9.88 Å². The molecule has 3 heterocycles. The molecule has 2 aromatic rings. The van der Waals surface area contributed by atoms with Crippen LogP contribution in [-0.4, -0.2) is 34.7 Å². The molecule has 0 unspecified atom stereocenters. The number of Topliss-reactive ketones (excluding diaryl/α,β-unsaturated/α-hetero) is 1. The maximum atomic E-state index is 12.4. The molecule has 22 heavy (non-hydrogen) atoms. The van der Waals surface area contributed by atoms with Crippen LogP contribution in [0.15, 0.2) is 47.2 Å². The molecule has 0 aliphatic carbocycles. The van der Waals surface area contributed by atoms with Gasteiger partial charge >= 0.3 is 0 Å². The van der Waals surface area contributed by atoms with Crippen molar-refractivity contribution in [3.8, 4) is 0 Å². The molecule has 0 aromatic carbocycles. The van der Waals surface area contributed by atoms with E-state index in [9.17, 15) is 9.59 Å². The van der Waals surface area contributed by atoms with Crippen molar-refractivity contribution >= 4 is 17.3 Å². The lowest BCUT2D eigenvalue weighted by Crippen LogP contribution is -2.34. The first-order valence-electron chi connectivity index (χ1n) is 7.14. The van der Waals surface area contributed by atoms with Gasteiger partial charge in [0.15, 0.2) is 17.3 Å². The number of carbonyl (C=O) groups excluding carboxylic acids is 2. The Bertz CT molecular complexity index is 731. The third kappa shape index (κ3) is 2.83. The Kier molecular flexibility index (Phi) is 3.87. The first kappa shape index (κ1) is 14.3. The van der Waals surface area contributed by atoms with Crippen LogP contribution in [0.4, 0.5) is 0 Å². The molecule has 112 valence electrons. The number of carbonyl (C=O) groups is 2. The summed E-state index contributed by atoms with van der Waals surface area (Å²) in [5.41, 5.74) is 2.28. The second-order valence-corrected chi connectivity index (χ2v) is 5.19. The molecule has 2 aromatic heterocycles. The van der Waals surface area contributed by atoms with Crippen LogP contribution < -0.4 is 0 Å². The van der Waals surface area contributed by atoms with E-state index in [1.165, 1.54) is 18.6 Å². The topological polar surface area (TPSA) is 63.4 Å². The van der Waals surface area contributed by atoms with E-state index in [1.54, 1.807) is 17.2 Å². The van der Waals surface area contributed by atoms with Crippen molar-refractivity contribution < 1.29 is 14.0 Å². The highest BCUT2D eigenvalue weighted by atomic mass is 16.4. The van der Waals surface area contributed by atoms with E-state index in [2.05, 4.69) is 4.98 Å². The average molecular weight is 296 g/mol. The fraction of sp³-hybridized carbons (Fsp3) is 0.235. The molecule has 0 spiro atoms. The van der Waals surface area contributed by atoms with Crippen LogP contribution in [0.2, 0.25) is 0 Å². The maximum Gasteiger partial charge on any atom is 0.289 e. The Morgan fingerprint density at radius 3 is 2.64 bits per heavy atom. The molecule has 5 nitrogen and oxygen atoms in total. The van der Waals surface area contributed by atoms with Gasteiger partial charge in [-0.25, -0.2) is 0 Å². The van der Waals surface area contributed by atoms with Gasteiger partial charge in [0.25, 0.3) is 5.91 Å². The van der Waals surface area contributed by atoms with Crippen LogP contribution in [0.1, 0.15) is 40.0 Å². The van der Waals surface area contributed by atoms with E-state index >= 15 is 0 Å². The van der Waals surface area contributed by atoms with Crippen molar-refractivity contribution in [2.24, 2.45) is 0 Å². The lowest BCUT2D eigenvalue weighted by Gasteiger charge is -2.25. The molecule has 0 atom stereocenters. The molecule has 0 saturated carbocycles. The molecule has 3 rings (SSSR count). The summed E-state index contributed by atoms with van der Waals surface area (Å²) in [5, 5.41) is 0. The number of nitrogens with zero attached hydrogens (tertiary/aromatic N) is 2. The molecule has 0 saturated heterocycles. The van der Waals surface area contributed by atoms with Gasteiger partial charge in [0, 0.05) is 32.4 Å². The Hall–Kier alpha value is -2.69. The number of pyridine rings is 1. The quantitative estimate of drug-likeness (QED) is 0.817. The molecule has 0 radical (unpaired) electrons. The highest BCUT2D eigenvalue weighted by Gasteiger charge is 2.22. The number of ketones is 1. The van der Waals surface area contributed by atoms with Crippen molar-refractivity contribution in [2.75, 3.05) is 13.1 Å². The minimum atomic E-state index is -0.186. The van der Waals surface area contributed by atoms with Gasteiger partial charge in [-0.05, 0) is 35.8 Å². The van der Waals surface area contributed by atoms with Crippen LogP contribution in [-0.2, 0) is 0 Å². The number of rotatable bonds is 3. The van der Waals surface area contributed by atoms with E-state index in [0.717, 1.165) is 12.0 Å². The highest BCUT2D eigenvalue weighted by Crippen LogP contribution is 2.22. The minimum absolute atomic E-state index is 0.184. The summed E-state index contributed by atoms with van der Waals surface area (Å²) in [4.78, 5) is 29.4. The Morgan fingerprint density at radius 2 is 2.05 bits per heavy atom. The van der Waals surface area contributed by atoms with Gasteiger partial charge in [-0.3, -0.25) is 14.6 Å². The average Bonchev–Trinajstić information content (AvgIpc) is 3.05. The first-order valence-corrected chi connectivity index (χ1v) is 7.14. The van der Waals surface area contributed by atoms with Crippen LogP contribution in [0.3, 0.4) is 0 Å². The maximum absolute atomic E-state index is 12.4. The Labute approximate surface area is 128 Å². The van der Waals surface area contributed by atoms with E-state index in [-0.39, 0.29) is 23.2 Å². The van der Waals surface area contributed by atoms with Crippen molar-refractivity contribution in [3.63, 3.8) is 0 Å². The predicted molar refractivity (Wildman–Crippen MR) is 81.4 cm³/mol. The fourth-order valence-corrected chi connectivity index (χ4v) is 2.47. The zero-order valence-corrected chi connectivity index (χ0v) is 12.3. The van der Waals surface area contributed by atoms with Gasteiger partial charge in [-0.15, -0.1) is 0 Å². The second kappa shape index (κ2) is 5.97. The zero-order chi connectivity index (χ0) is 15.5. The smallest absolute Gasteiger partial charge is 0.289 e. The molecular weight excluding hydrogens is 280 g/mol. The van der Waals surface area contributed by atoms with E-state index < -0.39 is 0 Å². The monoisotopic (exact) mass is 296 g/mol. The molecule has 0 N–H and O–H groups in total. The van der Waals surface area contributed by atoms with Crippen LogP contribution in [0.25, 0.3) is 5.57 Å². The van der Waals surface area contributed by atoms with Gasteiger partial charge in [-0.2, -0.15) is 0 Å². The summed E-state index contributed by atoms with van der Waals surface area (Å²) in [5.74, 6) is 0.0563. The summed E-state index contributed by atoms with van der Waals surface area (Å²) < 4.78 is 5.30. The third-order valence-corrected chi connectivity index (χ3v) is 3.69. The van der Waals surface area contributed by atoms with Crippen LogP contribution >= 0.6 is 0 Å². The second-order valence-electron chi connectivity index (χ2n) is 5.19. The number of furan rings is 1. The predicted octanol–water partition coefficient (Wildman–Crippen LogP) is 2.81. The highest BCUT2D eigenvalue weighted by molar-refractivity contribution is 5.95. The number of hydrogen-bond acceptors (Lipinski definition) is 4. The summed E-state index contributed by atoms with van der Waals surface area (Å²) in [6.07, 6.45) is 6.38. The van der Waals surface area contributed by atoms with E-state index in [0.29, 0.717) is 13.1 Å². The summed E-state index contributed by atoms with van der Waals surface area (Å²) in [6.45, 7) is 2.56. The van der Waals surface area contributed by atoms with Crippen LogP contribution in [0.5, 0.6) is 0 Å². The molecule has 1 amide bonds. The molecule has 0 fully saturated rings. The van der Waals surface area contributed by atoms with Gasteiger partial charge in [0.2, 0.25) is 0 Å². The fourth-order valence-electron chi connectivity index (χ4n) is 2.47.